The van der Waals surface area contributed by atoms with Gasteiger partial charge in [0, 0.05) is 22.7 Å². The summed E-state index contributed by atoms with van der Waals surface area (Å²) in [6, 6.07) is 7.89. The third-order valence-corrected chi connectivity index (χ3v) is 5.10. The summed E-state index contributed by atoms with van der Waals surface area (Å²) in [4.78, 5) is 26.4. The molecule has 6 heteroatoms. The predicted molar refractivity (Wildman–Crippen MR) is 99.3 cm³/mol. The average molecular weight is 429 g/mol. The second kappa shape index (κ2) is 8.63. The van der Waals surface area contributed by atoms with Gasteiger partial charge in [0.15, 0.2) is 0 Å². The fourth-order valence-electron chi connectivity index (χ4n) is 2.72. The summed E-state index contributed by atoms with van der Waals surface area (Å²) in [6.07, 6.45) is 1.12. The van der Waals surface area contributed by atoms with Gasteiger partial charge in [0.2, 0.25) is 5.91 Å². The maximum atomic E-state index is 12.0. The minimum atomic E-state index is -0.211. The number of rotatable bonds is 6. The lowest BCUT2D eigenvalue weighted by Crippen LogP contribution is -2.39. The first-order valence-electron chi connectivity index (χ1n) is 8.01. The number of halogens is 1. The zero-order valence-electron chi connectivity index (χ0n) is 13.6. The van der Waals surface area contributed by atoms with Gasteiger partial charge in [0.25, 0.3) is 5.91 Å². The number of hydrogen-bond donors (Lipinski definition) is 2. The van der Waals surface area contributed by atoms with Crippen molar-refractivity contribution in [3.63, 3.8) is 0 Å². The minimum absolute atomic E-state index is 0.0183. The molecule has 0 saturated carbocycles. The van der Waals surface area contributed by atoms with Gasteiger partial charge in [-0.25, -0.2) is 0 Å². The van der Waals surface area contributed by atoms with Crippen LogP contribution in [-0.4, -0.2) is 48.9 Å². The van der Waals surface area contributed by atoms with Crippen molar-refractivity contribution in [1.82, 2.24) is 15.5 Å². The number of benzene rings is 1. The Labute approximate surface area is 151 Å². The average Bonchev–Trinajstić information content (AvgIpc) is 3.00. The molecule has 2 N–H and O–H groups in total. The van der Waals surface area contributed by atoms with E-state index in [1.165, 1.54) is 0 Å². The molecule has 23 heavy (non-hydrogen) atoms. The van der Waals surface area contributed by atoms with Crippen molar-refractivity contribution in [2.45, 2.75) is 26.3 Å². The molecule has 126 valence electrons. The van der Waals surface area contributed by atoms with Crippen LogP contribution in [0.1, 0.15) is 30.6 Å². The summed E-state index contributed by atoms with van der Waals surface area (Å²) in [5, 5.41) is 5.60. The molecule has 5 nitrogen and oxygen atoms in total. The standard InChI is InChI=1S/C17H24IN3O2/c1-12(2)21-8-7-13(11-21)9-19-16(22)10-20-17(23)14-5-3-4-6-15(14)18/h3-6,12-13H,7-11H2,1-2H3,(H,19,22)(H,20,23). The molecule has 1 aromatic carbocycles. The second-order valence-corrected chi connectivity index (χ2v) is 7.37. The third-order valence-electron chi connectivity index (χ3n) is 4.16. The molecule has 1 atom stereocenters. The lowest BCUT2D eigenvalue weighted by Gasteiger charge is -2.20. The SMILES string of the molecule is CC(C)N1CCC(CNC(=O)CNC(=O)c2ccccc2I)C1. The molecule has 0 aliphatic carbocycles. The van der Waals surface area contributed by atoms with Gasteiger partial charge in [-0.1, -0.05) is 12.1 Å². The molecule has 1 aliphatic rings. The summed E-state index contributed by atoms with van der Waals surface area (Å²) in [5.41, 5.74) is 0.601. The van der Waals surface area contributed by atoms with Crippen LogP contribution in [-0.2, 0) is 4.79 Å². The van der Waals surface area contributed by atoms with E-state index in [2.05, 4.69) is 52.0 Å². The van der Waals surface area contributed by atoms with Gasteiger partial charge in [0.1, 0.15) is 0 Å². The van der Waals surface area contributed by atoms with E-state index in [9.17, 15) is 9.59 Å². The number of carbonyl (C=O) groups is 2. The zero-order chi connectivity index (χ0) is 16.8. The van der Waals surface area contributed by atoms with Crippen LogP contribution in [0.3, 0.4) is 0 Å². The Bertz CT molecular complexity index is 563. The minimum Gasteiger partial charge on any atom is -0.354 e. The number of hydrogen-bond acceptors (Lipinski definition) is 3. The predicted octanol–water partition coefficient (Wildman–Crippen LogP) is 1.87. The van der Waals surface area contributed by atoms with Crippen molar-refractivity contribution < 1.29 is 9.59 Å². The highest BCUT2D eigenvalue weighted by Crippen LogP contribution is 2.17. The highest BCUT2D eigenvalue weighted by Gasteiger charge is 2.24. The topological polar surface area (TPSA) is 61.4 Å². The lowest BCUT2D eigenvalue weighted by atomic mass is 10.1. The van der Waals surface area contributed by atoms with Gasteiger partial charge in [-0.05, 0) is 67.5 Å². The van der Waals surface area contributed by atoms with Crippen LogP contribution >= 0.6 is 22.6 Å². The molecule has 1 aliphatic heterocycles. The van der Waals surface area contributed by atoms with Crippen LogP contribution < -0.4 is 10.6 Å². The van der Waals surface area contributed by atoms with Crippen LogP contribution in [0.25, 0.3) is 0 Å². The Balaban J connectivity index is 1.70. The molecule has 0 spiro atoms. The maximum Gasteiger partial charge on any atom is 0.252 e. The Morgan fingerprint density at radius 1 is 1.30 bits per heavy atom. The first-order chi connectivity index (χ1) is 11.0. The Morgan fingerprint density at radius 2 is 2.04 bits per heavy atom. The molecular formula is C17H24IN3O2. The summed E-state index contributed by atoms with van der Waals surface area (Å²) in [6.45, 7) is 7.22. The van der Waals surface area contributed by atoms with Crippen molar-refractivity contribution in [3.05, 3.63) is 33.4 Å². The smallest absolute Gasteiger partial charge is 0.252 e. The molecule has 1 unspecified atom stereocenters. The molecule has 2 rings (SSSR count). The summed E-state index contributed by atoms with van der Waals surface area (Å²) in [5.74, 6) is 0.163. The van der Waals surface area contributed by atoms with Crippen molar-refractivity contribution in [1.29, 1.82) is 0 Å². The van der Waals surface area contributed by atoms with E-state index in [0.29, 0.717) is 24.1 Å². The molecule has 1 heterocycles. The van der Waals surface area contributed by atoms with E-state index in [4.69, 9.17) is 0 Å². The van der Waals surface area contributed by atoms with Gasteiger partial charge in [-0.15, -0.1) is 0 Å². The van der Waals surface area contributed by atoms with Gasteiger partial charge in [-0.3, -0.25) is 9.59 Å². The molecule has 0 aromatic heterocycles. The van der Waals surface area contributed by atoms with Crippen LogP contribution in [0.5, 0.6) is 0 Å². The summed E-state index contributed by atoms with van der Waals surface area (Å²) < 4.78 is 0.878. The Morgan fingerprint density at radius 3 is 2.70 bits per heavy atom. The van der Waals surface area contributed by atoms with Crippen LogP contribution in [0.2, 0.25) is 0 Å². The van der Waals surface area contributed by atoms with E-state index >= 15 is 0 Å². The number of amides is 2. The molecule has 0 radical (unpaired) electrons. The molecule has 0 bridgehead atoms. The van der Waals surface area contributed by atoms with Crippen LogP contribution in [0.4, 0.5) is 0 Å². The largest absolute Gasteiger partial charge is 0.354 e. The first kappa shape index (κ1) is 18.2. The molecule has 1 aromatic rings. The number of nitrogens with zero attached hydrogens (tertiary/aromatic N) is 1. The number of likely N-dealkylation sites (tertiary alicyclic amines) is 1. The molecular weight excluding hydrogens is 405 g/mol. The highest BCUT2D eigenvalue weighted by molar-refractivity contribution is 14.1. The lowest BCUT2D eigenvalue weighted by molar-refractivity contribution is -0.120. The fraction of sp³-hybridized carbons (Fsp3) is 0.529. The summed E-state index contributed by atoms with van der Waals surface area (Å²) >= 11 is 2.12. The normalized spacial score (nSPS) is 18.2. The zero-order valence-corrected chi connectivity index (χ0v) is 15.8. The summed E-state index contributed by atoms with van der Waals surface area (Å²) in [7, 11) is 0. The van der Waals surface area contributed by atoms with Crippen molar-refractivity contribution in [2.24, 2.45) is 5.92 Å². The Hall–Kier alpha value is -1.15. The monoisotopic (exact) mass is 429 g/mol. The third kappa shape index (κ3) is 5.46. The van der Waals surface area contributed by atoms with E-state index in [1.807, 2.05) is 18.2 Å². The van der Waals surface area contributed by atoms with Crippen molar-refractivity contribution in [3.8, 4) is 0 Å². The first-order valence-corrected chi connectivity index (χ1v) is 9.08. The number of nitrogens with one attached hydrogen (secondary N) is 2. The van der Waals surface area contributed by atoms with Gasteiger partial charge in [-0.2, -0.15) is 0 Å². The second-order valence-electron chi connectivity index (χ2n) is 6.21. The van der Waals surface area contributed by atoms with Crippen LogP contribution in [0.15, 0.2) is 24.3 Å². The maximum absolute atomic E-state index is 12.0. The van der Waals surface area contributed by atoms with Gasteiger partial charge in [0.05, 0.1) is 12.1 Å². The highest BCUT2D eigenvalue weighted by atomic mass is 127. The molecule has 1 fully saturated rings. The van der Waals surface area contributed by atoms with Crippen molar-refractivity contribution >= 4 is 34.4 Å². The van der Waals surface area contributed by atoms with E-state index in [1.54, 1.807) is 6.07 Å². The quantitative estimate of drug-likeness (QED) is 0.679. The van der Waals surface area contributed by atoms with E-state index in [-0.39, 0.29) is 18.4 Å². The molecule has 2 amide bonds. The van der Waals surface area contributed by atoms with Crippen molar-refractivity contribution in [2.75, 3.05) is 26.2 Å². The van der Waals surface area contributed by atoms with Crippen LogP contribution in [0, 0.1) is 9.49 Å². The molecule has 1 saturated heterocycles. The number of carbonyl (C=O) groups excluding carboxylic acids is 2. The van der Waals surface area contributed by atoms with Gasteiger partial charge >= 0.3 is 0 Å². The van der Waals surface area contributed by atoms with Gasteiger partial charge < -0.3 is 15.5 Å². The fourth-order valence-corrected chi connectivity index (χ4v) is 3.35. The Kier molecular flexibility index (Phi) is 6.83. The van der Waals surface area contributed by atoms with E-state index < -0.39 is 0 Å². The van der Waals surface area contributed by atoms with E-state index in [0.717, 1.165) is 23.1 Å².